The topological polar surface area (TPSA) is 130 Å². The summed E-state index contributed by atoms with van der Waals surface area (Å²) >= 11 is 1.17. The zero-order chi connectivity index (χ0) is 25.7. The second kappa shape index (κ2) is 11.7. The zero-order valence-electron chi connectivity index (χ0n) is 20.6. The van der Waals surface area contributed by atoms with E-state index in [2.05, 4.69) is 21.9 Å². The van der Waals surface area contributed by atoms with Crippen molar-refractivity contribution in [1.29, 1.82) is 10.5 Å². The van der Waals surface area contributed by atoms with Gasteiger partial charge in [0, 0.05) is 25.2 Å². The summed E-state index contributed by atoms with van der Waals surface area (Å²) in [5.41, 5.74) is 7.93. The van der Waals surface area contributed by atoms with E-state index in [1.165, 1.54) is 11.8 Å². The number of piperidine rings is 1. The van der Waals surface area contributed by atoms with E-state index in [1.807, 2.05) is 37.3 Å². The molecular formula is C27H32N6O2S. The van der Waals surface area contributed by atoms with Crippen molar-refractivity contribution in [2.45, 2.75) is 61.4 Å². The van der Waals surface area contributed by atoms with Crippen LogP contribution in [-0.2, 0) is 11.2 Å². The monoisotopic (exact) mass is 504 g/mol. The summed E-state index contributed by atoms with van der Waals surface area (Å²) in [5, 5.41) is 29.5. The molecule has 0 aliphatic carbocycles. The molecule has 0 radical (unpaired) electrons. The van der Waals surface area contributed by atoms with Crippen molar-refractivity contribution in [1.82, 2.24) is 9.88 Å². The lowest BCUT2D eigenvalue weighted by molar-refractivity contribution is -0.117. The summed E-state index contributed by atoms with van der Waals surface area (Å²) in [6.07, 6.45) is 4.49. The summed E-state index contributed by atoms with van der Waals surface area (Å²) in [5.74, 6) is 0.0661. The van der Waals surface area contributed by atoms with Gasteiger partial charge >= 0.3 is 0 Å². The number of primary amides is 1. The highest BCUT2D eigenvalue weighted by molar-refractivity contribution is 8.00. The van der Waals surface area contributed by atoms with Gasteiger partial charge in [0.25, 0.3) is 0 Å². The first-order valence-electron chi connectivity index (χ1n) is 12.5. The number of hydrogen-bond acceptors (Lipinski definition) is 8. The van der Waals surface area contributed by atoms with Crippen LogP contribution < -0.4 is 10.6 Å². The third-order valence-electron chi connectivity index (χ3n) is 7.28. The molecule has 1 amide bonds. The number of carbonyl (C=O) groups excluding carboxylic acids is 1. The summed E-state index contributed by atoms with van der Waals surface area (Å²) in [6.45, 7) is 4.60. The predicted octanol–water partition coefficient (Wildman–Crippen LogP) is 3.13. The van der Waals surface area contributed by atoms with Crippen molar-refractivity contribution in [3.63, 3.8) is 0 Å². The Labute approximate surface area is 216 Å². The van der Waals surface area contributed by atoms with E-state index in [0.29, 0.717) is 40.0 Å². The minimum atomic E-state index is -0.701. The van der Waals surface area contributed by atoms with Crippen LogP contribution in [0.1, 0.15) is 60.1 Å². The van der Waals surface area contributed by atoms with Crippen LogP contribution in [0.3, 0.4) is 0 Å². The highest BCUT2D eigenvalue weighted by Crippen LogP contribution is 2.40. The highest BCUT2D eigenvalue weighted by atomic mass is 32.2. The number of nitriles is 2. The molecule has 0 spiro atoms. The zero-order valence-corrected chi connectivity index (χ0v) is 21.4. The van der Waals surface area contributed by atoms with Crippen molar-refractivity contribution in [2.75, 3.05) is 31.1 Å². The number of carbonyl (C=O) groups is 1. The maximum absolute atomic E-state index is 12.4. The number of thioether (sulfide) groups is 1. The van der Waals surface area contributed by atoms with Gasteiger partial charge in [-0.15, -0.1) is 0 Å². The lowest BCUT2D eigenvalue weighted by Gasteiger charge is -2.40. The van der Waals surface area contributed by atoms with E-state index in [1.54, 1.807) is 0 Å². The molecular weight excluding hydrogens is 472 g/mol. The maximum Gasteiger partial charge on any atom is 0.235 e. The molecule has 1 aromatic carbocycles. The van der Waals surface area contributed by atoms with Gasteiger partial charge in [-0.05, 0) is 49.8 Å². The van der Waals surface area contributed by atoms with Crippen molar-refractivity contribution < 1.29 is 9.90 Å². The van der Waals surface area contributed by atoms with Gasteiger partial charge in [-0.1, -0.05) is 49.0 Å². The molecule has 2 saturated heterocycles. The molecule has 9 heteroatoms. The molecule has 4 rings (SSSR count). The highest BCUT2D eigenvalue weighted by Gasteiger charge is 2.34. The van der Waals surface area contributed by atoms with E-state index in [0.717, 1.165) is 50.9 Å². The number of rotatable bonds is 8. The fourth-order valence-electron chi connectivity index (χ4n) is 5.47. The first-order valence-corrected chi connectivity index (χ1v) is 13.4. The molecule has 8 nitrogen and oxygen atoms in total. The van der Waals surface area contributed by atoms with Crippen LogP contribution >= 0.6 is 11.8 Å². The molecule has 188 valence electrons. The van der Waals surface area contributed by atoms with Crippen LogP contribution in [0.4, 0.5) is 5.82 Å². The Kier molecular flexibility index (Phi) is 8.48. The molecule has 2 aliphatic rings. The van der Waals surface area contributed by atoms with Crippen LogP contribution in [0.15, 0.2) is 35.4 Å². The minimum Gasteiger partial charge on any atom is -0.395 e. The van der Waals surface area contributed by atoms with Gasteiger partial charge in [-0.25, -0.2) is 4.98 Å². The fourth-order valence-corrected chi connectivity index (χ4v) is 6.53. The Balaban J connectivity index is 1.66. The van der Waals surface area contributed by atoms with Gasteiger partial charge in [0.2, 0.25) is 5.91 Å². The number of hydrogen-bond donors (Lipinski definition) is 2. The molecule has 36 heavy (non-hydrogen) atoms. The quantitative estimate of drug-likeness (QED) is 0.525. The van der Waals surface area contributed by atoms with E-state index >= 15 is 0 Å². The normalized spacial score (nSPS) is 19.6. The van der Waals surface area contributed by atoms with Gasteiger partial charge in [-0.2, -0.15) is 10.5 Å². The van der Waals surface area contributed by atoms with Gasteiger partial charge in [0.15, 0.2) is 0 Å². The Hall–Kier alpha value is -3.11. The van der Waals surface area contributed by atoms with Gasteiger partial charge in [-0.3, -0.25) is 9.69 Å². The molecule has 2 fully saturated rings. The largest absolute Gasteiger partial charge is 0.395 e. The van der Waals surface area contributed by atoms with E-state index in [4.69, 9.17) is 10.7 Å². The van der Waals surface area contributed by atoms with E-state index < -0.39 is 11.2 Å². The number of aliphatic hydroxyl groups excluding tert-OH is 1. The lowest BCUT2D eigenvalue weighted by Crippen LogP contribution is -2.48. The summed E-state index contributed by atoms with van der Waals surface area (Å²) in [7, 11) is 0. The SMILES string of the molecule is CCc1c(C#N)c(SC(C(N)=O)c2ccccc2)nc(N2CCC(N3CCCC3CO)CC2)c1C#N. The minimum absolute atomic E-state index is 0.193. The van der Waals surface area contributed by atoms with Crippen LogP contribution in [0.5, 0.6) is 0 Å². The number of nitrogens with two attached hydrogens (primary N) is 1. The predicted molar refractivity (Wildman–Crippen MR) is 139 cm³/mol. The Bertz CT molecular complexity index is 1170. The van der Waals surface area contributed by atoms with Crippen LogP contribution in [-0.4, -0.2) is 59.2 Å². The number of anilines is 1. The lowest BCUT2D eigenvalue weighted by atomic mass is 9.99. The standard InChI is InChI=1S/C27H32N6O2S/c1-2-21-22(15-28)26(32-13-10-19(11-14-32)33-12-6-9-20(33)17-34)31-27(23(21)16-29)36-24(25(30)35)18-7-4-3-5-8-18/h3-5,7-8,19-20,24,34H,2,6,9-14,17H2,1H3,(H2,30,35). The van der Waals surface area contributed by atoms with Crippen molar-refractivity contribution >= 4 is 23.5 Å². The van der Waals surface area contributed by atoms with Gasteiger partial charge in [0.1, 0.15) is 28.2 Å². The van der Waals surface area contributed by atoms with Crippen LogP contribution in [0.25, 0.3) is 0 Å². The molecule has 1 aromatic heterocycles. The Morgan fingerprint density at radius 1 is 1.17 bits per heavy atom. The van der Waals surface area contributed by atoms with E-state index in [9.17, 15) is 20.4 Å². The molecule has 2 aromatic rings. The summed E-state index contributed by atoms with van der Waals surface area (Å²) in [6, 6.07) is 14.4. The molecule has 3 N–H and O–H groups in total. The maximum atomic E-state index is 12.4. The first kappa shape index (κ1) is 26.0. The molecule has 2 unspecified atom stereocenters. The van der Waals surface area contributed by atoms with Gasteiger partial charge < -0.3 is 15.7 Å². The molecule has 2 aliphatic heterocycles. The number of nitrogens with zero attached hydrogens (tertiary/aromatic N) is 5. The Morgan fingerprint density at radius 3 is 2.44 bits per heavy atom. The average molecular weight is 505 g/mol. The van der Waals surface area contributed by atoms with Crippen LogP contribution in [0.2, 0.25) is 0 Å². The molecule has 2 atom stereocenters. The fraction of sp³-hybridized carbons (Fsp3) is 0.481. The third-order valence-corrected chi connectivity index (χ3v) is 8.54. The average Bonchev–Trinajstić information content (AvgIpc) is 3.40. The number of benzene rings is 1. The molecule has 0 saturated carbocycles. The van der Waals surface area contributed by atoms with Crippen molar-refractivity contribution in [3.05, 3.63) is 52.6 Å². The third kappa shape index (κ3) is 5.19. The van der Waals surface area contributed by atoms with Crippen molar-refractivity contribution in [2.24, 2.45) is 5.73 Å². The smallest absolute Gasteiger partial charge is 0.235 e. The summed E-state index contributed by atoms with van der Waals surface area (Å²) in [4.78, 5) is 21.8. The molecule has 3 heterocycles. The van der Waals surface area contributed by atoms with E-state index in [-0.39, 0.29) is 12.6 Å². The second-order valence-electron chi connectivity index (χ2n) is 9.29. The van der Waals surface area contributed by atoms with Gasteiger partial charge in [0.05, 0.1) is 17.7 Å². The van der Waals surface area contributed by atoms with Crippen LogP contribution in [0, 0.1) is 22.7 Å². The number of likely N-dealkylation sites (tertiary alicyclic amines) is 1. The van der Waals surface area contributed by atoms with Crippen molar-refractivity contribution in [3.8, 4) is 12.1 Å². The Morgan fingerprint density at radius 2 is 1.86 bits per heavy atom. The first-order chi connectivity index (χ1) is 17.5. The summed E-state index contributed by atoms with van der Waals surface area (Å²) < 4.78 is 0. The molecule has 0 bridgehead atoms. The number of aliphatic hydroxyl groups is 1. The second-order valence-corrected chi connectivity index (χ2v) is 10.4. The number of aromatic nitrogens is 1. The number of amides is 1. The number of pyridine rings is 1.